The van der Waals surface area contributed by atoms with Gasteiger partial charge in [-0.05, 0) is 38.5 Å². The molecule has 0 radical (unpaired) electrons. The summed E-state index contributed by atoms with van der Waals surface area (Å²) in [4.78, 5) is 0. The van der Waals surface area contributed by atoms with Crippen LogP contribution in [-0.4, -0.2) is 10.0 Å². The molecular formula is C12H16ClIO. The van der Waals surface area contributed by atoms with Crippen LogP contribution in [0.25, 0.3) is 0 Å². The van der Waals surface area contributed by atoms with E-state index in [0.29, 0.717) is 0 Å². The van der Waals surface area contributed by atoms with Crippen molar-refractivity contribution in [2.24, 2.45) is 0 Å². The summed E-state index contributed by atoms with van der Waals surface area (Å²) in [5.41, 5.74) is 1.02. The monoisotopic (exact) mass is 338 g/mol. The summed E-state index contributed by atoms with van der Waals surface area (Å²) in [6.07, 6.45) is 0.115. The van der Waals surface area contributed by atoms with Crippen LogP contribution in [0.1, 0.15) is 32.4 Å². The van der Waals surface area contributed by atoms with Gasteiger partial charge in [-0.3, -0.25) is 0 Å². The van der Waals surface area contributed by atoms with Gasteiger partial charge in [-0.25, -0.2) is 0 Å². The predicted molar refractivity (Wildman–Crippen MR) is 73.9 cm³/mol. The van der Waals surface area contributed by atoms with E-state index in [-0.39, 0.29) is 11.7 Å². The maximum atomic E-state index is 5.96. The van der Waals surface area contributed by atoms with Gasteiger partial charge in [0.05, 0.1) is 11.7 Å². The summed E-state index contributed by atoms with van der Waals surface area (Å²) in [6, 6.07) is 7.87. The molecular weight excluding hydrogens is 322 g/mol. The fourth-order valence-electron chi connectivity index (χ4n) is 1.32. The van der Waals surface area contributed by atoms with Gasteiger partial charge in [0.2, 0.25) is 0 Å². The van der Waals surface area contributed by atoms with E-state index in [1.807, 2.05) is 18.2 Å². The standard InChI is InChI=1S/C12H16ClIO/c1-12(2,3)15-11(8-14)9-5-4-6-10(13)7-9/h4-7,11H,8H2,1-3H3. The minimum atomic E-state index is -0.127. The fourth-order valence-corrected chi connectivity index (χ4v) is 2.21. The summed E-state index contributed by atoms with van der Waals surface area (Å²) < 4.78 is 6.89. The maximum Gasteiger partial charge on any atom is 0.0921 e. The molecule has 0 N–H and O–H groups in total. The van der Waals surface area contributed by atoms with Gasteiger partial charge in [0, 0.05) is 9.45 Å². The molecule has 1 aromatic carbocycles. The molecule has 0 bridgehead atoms. The van der Waals surface area contributed by atoms with Crippen molar-refractivity contribution in [1.29, 1.82) is 0 Å². The lowest BCUT2D eigenvalue weighted by atomic mass is 10.1. The van der Waals surface area contributed by atoms with Gasteiger partial charge in [0.25, 0.3) is 0 Å². The van der Waals surface area contributed by atoms with Crippen molar-refractivity contribution in [1.82, 2.24) is 0 Å². The second-order valence-electron chi connectivity index (χ2n) is 4.43. The lowest BCUT2D eigenvalue weighted by Gasteiger charge is -2.26. The minimum absolute atomic E-state index is 0.115. The number of hydrogen-bond donors (Lipinski definition) is 0. The number of halogens is 2. The van der Waals surface area contributed by atoms with E-state index in [4.69, 9.17) is 16.3 Å². The van der Waals surface area contributed by atoms with Crippen LogP contribution in [0.3, 0.4) is 0 Å². The van der Waals surface area contributed by atoms with E-state index >= 15 is 0 Å². The first-order valence-electron chi connectivity index (χ1n) is 4.91. The summed E-state index contributed by atoms with van der Waals surface area (Å²) in [6.45, 7) is 6.20. The predicted octanol–water partition coefficient (Wildman–Crippen LogP) is 4.63. The van der Waals surface area contributed by atoms with Crippen LogP contribution in [0.5, 0.6) is 0 Å². The molecule has 1 nitrogen and oxygen atoms in total. The van der Waals surface area contributed by atoms with Crippen LogP contribution in [0.15, 0.2) is 24.3 Å². The van der Waals surface area contributed by atoms with Crippen molar-refractivity contribution in [3.8, 4) is 0 Å². The van der Waals surface area contributed by atoms with Crippen molar-refractivity contribution < 1.29 is 4.74 Å². The third-order valence-electron chi connectivity index (χ3n) is 1.86. The van der Waals surface area contributed by atoms with Gasteiger partial charge in [-0.2, -0.15) is 0 Å². The molecule has 0 heterocycles. The first kappa shape index (κ1) is 13.3. The number of alkyl halides is 1. The largest absolute Gasteiger partial charge is 0.367 e. The van der Waals surface area contributed by atoms with Crippen molar-refractivity contribution in [2.75, 3.05) is 4.43 Å². The number of ether oxygens (including phenoxy) is 1. The average molecular weight is 339 g/mol. The Morgan fingerprint density at radius 3 is 2.53 bits per heavy atom. The van der Waals surface area contributed by atoms with Gasteiger partial charge in [0.1, 0.15) is 0 Å². The highest BCUT2D eigenvalue weighted by atomic mass is 127. The Balaban J connectivity index is 2.83. The first-order valence-corrected chi connectivity index (χ1v) is 6.82. The lowest BCUT2D eigenvalue weighted by molar-refractivity contribution is -0.0493. The molecule has 0 amide bonds. The SMILES string of the molecule is CC(C)(C)OC(CI)c1cccc(Cl)c1. The van der Waals surface area contributed by atoms with Crippen LogP contribution in [0, 0.1) is 0 Å². The molecule has 0 aliphatic carbocycles. The average Bonchev–Trinajstić information content (AvgIpc) is 2.13. The van der Waals surface area contributed by atoms with E-state index in [1.165, 1.54) is 0 Å². The van der Waals surface area contributed by atoms with E-state index < -0.39 is 0 Å². The van der Waals surface area contributed by atoms with E-state index in [0.717, 1.165) is 15.0 Å². The zero-order chi connectivity index (χ0) is 11.5. The molecule has 84 valence electrons. The van der Waals surface area contributed by atoms with Crippen molar-refractivity contribution in [3.63, 3.8) is 0 Å². The maximum absolute atomic E-state index is 5.96. The van der Waals surface area contributed by atoms with Crippen molar-refractivity contribution in [3.05, 3.63) is 34.9 Å². The summed E-state index contributed by atoms with van der Waals surface area (Å²) >= 11 is 8.30. The van der Waals surface area contributed by atoms with Crippen LogP contribution >= 0.6 is 34.2 Å². The van der Waals surface area contributed by atoms with Gasteiger partial charge >= 0.3 is 0 Å². The van der Waals surface area contributed by atoms with Crippen molar-refractivity contribution in [2.45, 2.75) is 32.5 Å². The zero-order valence-corrected chi connectivity index (χ0v) is 12.2. The van der Waals surface area contributed by atoms with Crippen molar-refractivity contribution >= 4 is 34.2 Å². The fraction of sp³-hybridized carbons (Fsp3) is 0.500. The van der Waals surface area contributed by atoms with Crippen LogP contribution in [-0.2, 0) is 4.74 Å². The highest BCUT2D eigenvalue weighted by Crippen LogP contribution is 2.27. The Bertz CT molecular complexity index is 320. The molecule has 1 atom stereocenters. The highest BCUT2D eigenvalue weighted by Gasteiger charge is 2.19. The van der Waals surface area contributed by atoms with Gasteiger partial charge in [-0.1, -0.05) is 46.3 Å². The number of benzene rings is 1. The Morgan fingerprint density at radius 1 is 1.40 bits per heavy atom. The topological polar surface area (TPSA) is 9.23 Å². The first-order chi connectivity index (χ1) is 6.92. The number of rotatable bonds is 3. The molecule has 0 saturated heterocycles. The molecule has 3 heteroatoms. The molecule has 0 fully saturated rings. The highest BCUT2D eigenvalue weighted by molar-refractivity contribution is 14.1. The van der Waals surface area contributed by atoms with Gasteiger partial charge in [0.15, 0.2) is 0 Å². The van der Waals surface area contributed by atoms with Crippen LogP contribution < -0.4 is 0 Å². The lowest BCUT2D eigenvalue weighted by Crippen LogP contribution is -2.23. The minimum Gasteiger partial charge on any atom is -0.367 e. The Kier molecular flexibility index (Phi) is 4.87. The van der Waals surface area contributed by atoms with Gasteiger partial charge in [-0.15, -0.1) is 0 Å². The molecule has 0 saturated carbocycles. The quantitative estimate of drug-likeness (QED) is 0.577. The van der Waals surface area contributed by atoms with E-state index in [2.05, 4.69) is 49.4 Å². The molecule has 0 spiro atoms. The Morgan fingerprint density at radius 2 is 2.07 bits per heavy atom. The third-order valence-corrected chi connectivity index (χ3v) is 2.89. The van der Waals surface area contributed by atoms with Gasteiger partial charge < -0.3 is 4.74 Å². The van der Waals surface area contributed by atoms with E-state index in [9.17, 15) is 0 Å². The third kappa shape index (κ3) is 4.70. The normalized spacial score (nSPS) is 13.9. The summed E-state index contributed by atoms with van der Waals surface area (Å²) in [5.74, 6) is 0. The molecule has 0 aliphatic heterocycles. The molecule has 0 aromatic heterocycles. The second-order valence-corrected chi connectivity index (χ2v) is 5.75. The molecule has 1 unspecified atom stereocenters. The zero-order valence-electron chi connectivity index (χ0n) is 9.26. The smallest absolute Gasteiger partial charge is 0.0921 e. The Hall–Kier alpha value is 0.200. The van der Waals surface area contributed by atoms with E-state index in [1.54, 1.807) is 0 Å². The summed E-state index contributed by atoms with van der Waals surface area (Å²) in [7, 11) is 0. The molecule has 1 rings (SSSR count). The molecule has 0 aliphatic rings. The Labute approximate surface area is 110 Å². The second kappa shape index (κ2) is 5.51. The number of hydrogen-bond acceptors (Lipinski definition) is 1. The summed E-state index contributed by atoms with van der Waals surface area (Å²) in [5, 5.41) is 0.764. The molecule has 15 heavy (non-hydrogen) atoms. The molecule has 1 aromatic rings. The van der Waals surface area contributed by atoms with Crippen LogP contribution in [0.2, 0.25) is 5.02 Å². The van der Waals surface area contributed by atoms with Crippen LogP contribution in [0.4, 0.5) is 0 Å².